The summed E-state index contributed by atoms with van der Waals surface area (Å²) < 4.78 is 11.3. The first-order valence-corrected chi connectivity index (χ1v) is 10.6. The molecule has 1 heterocycles. The van der Waals surface area contributed by atoms with Crippen molar-refractivity contribution in [1.82, 2.24) is 5.01 Å². The van der Waals surface area contributed by atoms with E-state index in [1.807, 2.05) is 32.0 Å². The van der Waals surface area contributed by atoms with Crippen LogP contribution in [0.5, 0.6) is 11.5 Å². The molecule has 2 aromatic carbocycles. The standard InChI is InChI=1S/C24H23N6O3.K/c1-3-32-22-11-10-17(14-23(22)33-4-2)21-9-6-12-30(29-21)24(31)18-7-5-8-19(13-18)27-28-20(15-25)16-26;/h5,7-8,10-11,13-14H,3-4,6,9,12H2,1-2H3;/q-1;+1. The van der Waals surface area contributed by atoms with Crippen molar-refractivity contribution in [2.45, 2.75) is 26.7 Å². The number of ether oxygens (including phenoxy) is 2. The number of benzene rings is 2. The summed E-state index contributed by atoms with van der Waals surface area (Å²) in [6.45, 7) is 5.36. The van der Waals surface area contributed by atoms with Gasteiger partial charge in [0.25, 0.3) is 5.91 Å². The molecule has 1 aliphatic heterocycles. The Labute approximate surface area is 241 Å². The maximum Gasteiger partial charge on any atom is 1.00 e. The number of carbonyl (C=O) groups is 1. The third-order valence-electron chi connectivity index (χ3n) is 4.71. The Kier molecular flexibility index (Phi) is 11.2. The van der Waals surface area contributed by atoms with Gasteiger partial charge in [-0.05, 0) is 51.0 Å². The van der Waals surface area contributed by atoms with Crippen molar-refractivity contribution in [2.75, 3.05) is 19.8 Å². The van der Waals surface area contributed by atoms with Gasteiger partial charge in [-0.1, -0.05) is 18.2 Å². The van der Waals surface area contributed by atoms with Gasteiger partial charge >= 0.3 is 51.4 Å². The van der Waals surface area contributed by atoms with Crippen LogP contribution in [0.2, 0.25) is 0 Å². The summed E-state index contributed by atoms with van der Waals surface area (Å²) in [6, 6.07) is 15.4. The van der Waals surface area contributed by atoms with Crippen LogP contribution in [0, 0.1) is 22.7 Å². The van der Waals surface area contributed by atoms with E-state index >= 15 is 0 Å². The molecule has 0 aromatic heterocycles. The summed E-state index contributed by atoms with van der Waals surface area (Å²) in [5.41, 5.74) is 5.90. The molecule has 0 radical (unpaired) electrons. The van der Waals surface area contributed by atoms with E-state index in [4.69, 9.17) is 20.0 Å². The van der Waals surface area contributed by atoms with E-state index < -0.39 is 0 Å². The largest absolute Gasteiger partial charge is 1.00 e. The second-order valence-corrected chi connectivity index (χ2v) is 6.93. The number of nitrogens with zero attached hydrogens (tertiary/aromatic N) is 6. The monoisotopic (exact) mass is 482 g/mol. The number of hydrogen-bond donors (Lipinski definition) is 0. The van der Waals surface area contributed by atoms with Crippen LogP contribution in [0.4, 0.5) is 5.69 Å². The van der Waals surface area contributed by atoms with Crippen LogP contribution in [-0.4, -0.2) is 42.1 Å². The van der Waals surface area contributed by atoms with Crippen molar-refractivity contribution >= 4 is 23.0 Å². The van der Waals surface area contributed by atoms with Gasteiger partial charge in [0.1, 0.15) is 12.1 Å². The van der Waals surface area contributed by atoms with Crippen LogP contribution >= 0.6 is 0 Å². The van der Waals surface area contributed by atoms with Crippen LogP contribution in [-0.2, 0) is 0 Å². The minimum Gasteiger partial charge on any atom is -0.574 e. The normalized spacial score (nSPS) is 12.2. The summed E-state index contributed by atoms with van der Waals surface area (Å²) in [4.78, 5) is 13.1. The van der Waals surface area contributed by atoms with Crippen molar-refractivity contribution in [2.24, 2.45) is 10.2 Å². The summed E-state index contributed by atoms with van der Waals surface area (Å²) >= 11 is 0. The molecule has 0 unspecified atom stereocenters. The molecule has 9 nitrogen and oxygen atoms in total. The maximum absolute atomic E-state index is 13.1. The number of carbonyl (C=O) groups excluding carboxylic acids is 1. The molecule has 0 N–H and O–H groups in total. The van der Waals surface area contributed by atoms with Crippen LogP contribution in [0.1, 0.15) is 42.6 Å². The maximum atomic E-state index is 13.1. The van der Waals surface area contributed by atoms with Gasteiger partial charge in [-0.25, -0.2) is 5.01 Å². The minimum absolute atomic E-state index is 0. The van der Waals surface area contributed by atoms with Gasteiger partial charge < -0.3 is 20.0 Å². The Balaban J connectivity index is 0.00000408. The predicted molar refractivity (Wildman–Crippen MR) is 124 cm³/mol. The molecule has 1 aliphatic rings. The van der Waals surface area contributed by atoms with Gasteiger partial charge in [-0.15, -0.1) is 5.69 Å². The van der Waals surface area contributed by atoms with E-state index in [-0.39, 0.29) is 63.0 Å². The zero-order valence-corrected chi connectivity index (χ0v) is 22.6. The fraction of sp³-hybridized carbons (Fsp3) is 0.292. The first-order valence-electron chi connectivity index (χ1n) is 10.6. The fourth-order valence-electron chi connectivity index (χ4n) is 3.25. The average Bonchev–Trinajstić information content (AvgIpc) is 2.86. The Hall–Kier alpha value is -2.73. The van der Waals surface area contributed by atoms with Crippen LogP contribution in [0.3, 0.4) is 0 Å². The summed E-state index contributed by atoms with van der Waals surface area (Å²) in [7, 11) is 0. The smallest absolute Gasteiger partial charge is 0.574 e. The van der Waals surface area contributed by atoms with Gasteiger partial charge in [0, 0.05) is 17.7 Å². The molecule has 3 rings (SSSR count). The van der Waals surface area contributed by atoms with E-state index in [9.17, 15) is 4.79 Å². The zero-order valence-electron chi connectivity index (χ0n) is 19.5. The van der Waals surface area contributed by atoms with Gasteiger partial charge in [-0.3, -0.25) is 4.79 Å². The molecule has 0 spiro atoms. The average molecular weight is 483 g/mol. The molecular weight excluding hydrogens is 459 g/mol. The second kappa shape index (κ2) is 13.8. The first kappa shape index (κ1) is 27.5. The molecule has 0 atom stereocenters. The third kappa shape index (κ3) is 7.13. The number of nitriles is 2. The molecule has 34 heavy (non-hydrogen) atoms. The Morgan fingerprint density at radius 2 is 1.85 bits per heavy atom. The summed E-state index contributed by atoms with van der Waals surface area (Å²) in [5, 5.41) is 27.2. The van der Waals surface area contributed by atoms with E-state index in [0.717, 1.165) is 24.1 Å². The van der Waals surface area contributed by atoms with Gasteiger partial charge in [-0.2, -0.15) is 15.6 Å². The number of hydrazone groups is 1. The number of hydrogen-bond acceptors (Lipinski definition) is 7. The van der Waals surface area contributed by atoms with Crippen LogP contribution in [0.15, 0.2) is 52.7 Å². The summed E-state index contributed by atoms with van der Waals surface area (Å²) in [6.07, 6.45) is 1.50. The van der Waals surface area contributed by atoms with Crippen molar-refractivity contribution in [3.63, 3.8) is 0 Å². The molecule has 0 bridgehead atoms. The van der Waals surface area contributed by atoms with Crippen LogP contribution < -0.4 is 60.9 Å². The van der Waals surface area contributed by atoms with Gasteiger partial charge in [0.05, 0.1) is 18.9 Å². The molecule has 1 amide bonds. The van der Waals surface area contributed by atoms with Crippen molar-refractivity contribution in [1.29, 1.82) is 10.5 Å². The third-order valence-corrected chi connectivity index (χ3v) is 4.71. The SMILES string of the molecule is CCOc1ccc(C2=NN(C(=O)c3cccc([N-]N=C(C#N)C#N)c3)CCC2)cc1OCC.[K+]. The van der Waals surface area contributed by atoms with Crippen LogP contribution in [0.25, 0.3) is 5.43 Å². The molecule has 168 valence electrons. The molecule has 0 saturated heterocycles. The van der Waals surface area contributed by atoms with Gasteiger partial charge in [0.2, 0.25) is 0 Å². The number of rotatable bonds is 8. The molecular formula is C24H23KN6O3. The van der Waals surface area contributed by atoms with Crippen molar-refractivity contribution in [3.8, 4) is 23.6 Å². The van der Waals surface area contributed by atoms with E-state index in [1.54, 1.807) is 36.4 Å². The minimum atomic E-state index is -0.362. The van der Waals surface area contributed by atoms with E-state index in [0.29, 0.717) is 42.5 Å². The van der Waals surface area contributed by atoms with E-state index in [1.165, 1.54) is 5.01 Å². The Morgan fingerprint density at radius 3 is 2.56 bits per heavy atom. The Bertz CT molecular complexity index is 1150. The number of amides is 1. The second-order valence-electron chi connectivity index (χ2n) is 6.93. The zero-order chi connectivity index (χ0) is 23.6. The van der Waals surface area contributed by atoms with Crippen molar-refractivity contribution < 1.29 is 65.7 Å². The fourth-order valence-corrected chi connectivity index (χ4v) is 3.25. The molecule has 0 saturated carbocycles. The molecule has 0 fully saturated rings. The predicted octanol–water partition coefficient (Wildman–Crippen LogP) is 1.54. The quantitative estimate of drug-likeness (QED) is 0.321. The Morgan fingerprint density at radius 1 is 1.12 bits per heavy atom. The van der Waals surface area contributed by atoms with Gasteiger partial charge in [0.15, 0.2) is 17.2 Å². The molecule has 0 aliphatic carbocycles. The molecule has 10 heteroatoms. The van der Waals surface area contributed by atoms with E-state index in [2.05, 4.69) is 15.6 Å². The van der Waals surface area contributed by atoms with Crippen molar-refractivity contribution in [3.05, 3.63) is 59.0 Å². The summed E-state index contributed by atoms with van der Waals surface area (Å²) in [5.74, 6) is 1.04. The molecule has 2 aromatic rings. The topological polar surface area (TPSA) is 125 Å². The first-order chi connectivity index (χ1) is 16.1.